The predicted molar refractivity (Wildman–Crippen MR) is 75.2 cm³/mol. The van der Waals surface area contributed by atoms with Crippen molar-refractivity contribution in [2.75, 3.05) is 17.2 Å². The van der Waals surface area contributed by atoms with Crippen LogP contribution in [0.25, 0.3) is 0 Å². The van der Waals surface area contributed by atoms with Crippen LogP contribution in [0.1, 0.15) is 21.6 Å². The number of fused-ring (bicyclic) bond motifs is 1. The van der Waals surface area contributed by atoms with E-state index in [0.29, 0.717) is 23.5 Å². The number of nitrogens with zero attached hydrogens (tertiary/aromatic N) is 3. The number of hydrogen-bond acceptors (Lipinski definition) is 4. The summed E-state index contributed by atoms with van der Waals surface area (Å²) in [5.41, 5.74) is 9.20. The maximum atomic E-state index is 12.4. The molecule has 1 aliphatic rings. The van der Waals surface area contributed by atoms with Crippen LogP contribution in [0.4, 0.5) is 11.4 Å². The minimum absolute atomic E-state index is 0.155. The van der Waals surface area contributed by atoms with E-state index in [-0.39, 0.29) is 5.91 Å². The van der Waals surface area contributed by atoms with Gasteiger partial charge >= 0.3 is 0 Å². The second kappa shape index (κ2) is 4.67. The Kier molecular flexibility index (Phi) is 2.84. The molecular formula is C15H12N4O. The molecule has 0 saturated carbocycles. The van der Waals surface area contributed by atoms with Gasteiger partial charge in [0.05, 0.1) is 5.56 Å². The molecule has 0 fully saturated rings. The molecule has 5 heteroatoms. The number of carbonyl (C=O) groups excluding carboxylic acids is 1. The number of carbonyl (C=O) groups is 1. The molecule has 0 atom stereocenters. The Bertz CT molecular complexity index is 716. The summed E-state index contributed by atoms with van der Waals surface area (Å²) in [7, 11) is 0. The van der Waals surface area contributed by atoms with Crippen LogP contribution < -0.4 is 10.6 Å². The summed E-state index contributed by atoms with van der Waals surface area (Å²) in [5.74, 6) is -0.155. The normalized spacial score (nSPS) is 12.8. The van der Waals surface area contributed by atoms with Crippen molar-refractivity contribution in [2.24, 2.45) is 0 Å². The van der Waals surface area contributed by atoms with E-state index < -0.39 is 0 Å². The monoisotopic (exact) mass is 264 g/mol. The lowest BCUT2D eigenvalue weighted by Crippen LogP contribution is -2.29. The highest BCUT2D eigenvalue weighted by atomic mass is 16.2. The summed E-state index contributed by atoms with van der Waals surface area (Å²) >= 11 is 0. The van der Waals surface area contributed by atoms with Gasteiger partial charge in [0, 0.05) is 24.1 Å². The Hall–Kier alpha value is -2.87. The molecule has 2 heterocycles. The lowest BCUT2D eigenvalue weighted by atomic mass is 10.1. The number of benzene rings is 1. The summed E-state index contributed by atoms with van der Waals surface area (Å²) < 4.78 is 0. The van der Waals surface area contributed by atoms with E-state index >= 15 is 0 Å². The molecule has 0 radical (unpaired) electrons. The lowest BCUT2D eigenvalue weighted by Gasteiger charge is -2.16. The van der Waals surface area contributed by atoms with Gasteiger partial charge in [0.2, 0.25) is 0 Å². The summed E-state index contributed by atoms with van der Waals surface area (Å²) in [6.07, 6.45) is 2.20. The molecule has 1 aromatic heterocycles. The molecule has 0 aliphatic carbocycles. The molecule has 1 aromatic carbocycles. The van der Waals surface area contributed by atoms with Gasteiger partial charge in [-0.1, -0.05) is 0 Å². The zero-order valence-electron chi connectivity index (χ0n) is 10.7. The predicted octanol–water partition coefficient (Wildman–Crippen LogP) is 1.74. The van der Waals surface area contributed by atoms with Crippen LogP contribution in [-0.2, 0) is 6.42 Å². The number of amides is 1. The van der Waals surface area contributed by atoms with E-state index in [0.717, 1.165) is 17.7 Å². The van der Waals surface area contributed by atoms with Crippen LogP contribution in [0.2, 0.25) is 0 Å². The van der Waals surface area contributed by atoms with Gasteiger partial charge in [0.1, 0.15) is 11.8 Å². The molecule has 20 heavy (non-hydrogen) atoms. The molecule has 0 unspecified atom stereocenters. The zero-order chi connectivity index (χ0) is 14.1. The van der Waals surface area contributed by atoms with Crippen molar-refractivity contribution in [3.05, 3.63) is 53.3 Å². The van der Waals surface area contributed by atoms with Crippen LogP contribution in [-0.4, -0.2) is 17.4 Å². The van der Waals surface area contributed by atoms with Gasteiger partial charge in [0.25, 0.3) is 5.91 Å². The summed E-state index contributed by atoms with van der Waals surface area (Å²) in [6, 6.07) is 10.7. The first-order valence-corrected chi connectivity index (χ1v) is 6.25. The molecule has 0 bridgehead atoms. The van der Waals surface area contributed by atoms with Crippen LogP contribution >= 0.6 is 0 Å². The van der Waals surface area contributed by atoms with Gasteiger partial charge in [0.15, 0.2) is 0 Å². The Labute approximate surface area is 116 Å². The van der Waals surface area contributed by atoms with Gasteiger partial charge in [-0.2, -0.15) is 5.26 Å². The van der Waals surface area contributed by atoms with Crippen LogP contribution in [0.3, 0.4) is 0 Å². The first kappa shape index (κ1) is 12.2. The molecule has 98 valence electrons. The Morgan fingerprint density at radius 1 is 1.35 bits per heavy atom. The molecule has 5 nitrogen and oxygen atoms in total. The number of nitrogens with two attached hydrogens (primary N) is 1. The first-order valence-electron chi connectivity index (χ1n) is 6.25. The topological polar surface area (TPSA) is 83.0 Å². The minimum Gasteiger partial charge on any atom is -0.399 e. The summed E-state index contributed by atoms with van der Waals surface area (Å²) in [5, 5.41) is 8.74. The third-order valence-electron chi connectivity index (χ3n) is 3.36. The van der Waals surface area contributed by atoms with Gasteiger partial charge < -0.3 is 10.6 Å². The van der Waals surface area contributed by atoms with Gasteiger partial charge in [-0.05, 0) is 42.3 Å². The van der Waals surface area contributed by atoms with E-state index in [1.54, 1.807) is 23.1 Å². The first-order chi connectivity index (χ1) is 9.69. The zero-order valence-corrected chi connectivity index (χ0v) is 10.7. The van der Waals surface area contributed by atoms with Crippen molar-refractivity contribution < 1.29 is 4.79 Å². The smallest absolute Gasteiger partial charge is 0.276 e. The highest BCUT2D eigenvalue weighted by Crippen LogP contribution is 2.30. The molecule has 0 spiro atoms. The molecule has 2 aromatic rings. The highest BCUT2D eigenvalue weighted by Gasteiger charge is 2.26. The van der Waals surface area contributed by atoms with E-state index in [4.69, 9.17) is 11.0 Å². The third-order valence-corrected chi connectivity index (χ3v) is 3.36. The van der Waals surface area contributed by atoms with Gasteiger partial charge in [-0.25, -0.2) is 4.98 Å². The molecule has 2 N–H and O–H groups in total. The summed E-state index contributed by atoms with van der Waals surface area (Å²) in [4.78, 5) is 18.2. The molecule has 0 saturated heterocycles. The van der Waals surface area contributed by atoms with E-state index in [9.17, 15) is 4.79 Å². The minimum atomic E-state index is -0.155. The molecular weight excluding hydrogens is 252 g/mol. The number of rotatable bonds is 1. The fraction of sp³-hybridized carbons (Fsp3) is 0.133. The van der Waals surface area contributed by atoms with E-state index in [2.05, 4.69) is 4.98 Å². The second-order valence-electron chi connectivity index (χ2n) is 4.64. The van der Waals surface area contributed by atoms with Crippen molar-refractivity contribution in [3.63, 3.8) is 0 Å². The van der Waals surface area contributed by atoms with Crippen molar-refractivity contribution in [1.82, 2.24) is 4.98 Å². The number of anilines is 2. The fourth-order valence-electron chi connectivity index (χ4n) is 2.36. The van der Waals surface area contributed by atoms with E-state index in [1.165, 1.54) is 6.20 Å². The number of nitriles is 1. The Morgan fingerprint density at radius 2 is 2.20 bits per heavy atom. The number of hydrogen-bond donors (Lipinski definition) is 1. The highest BCUT2D eigenvalue weighted by molar-refractivity contribution is 6.06. The van der Waals surface area contributed by atoms with Crippen LogP contribution in [0, 0.1) is 11.3 Å². The molecule has 1 aliphatic heterocycles. The molecule has 1 amide bonds. The van der Waals surface area contributed by atoms with Crippen LogP contribution in [0.15, 0.2) is 36.5 Å². The number of nitrogen functional groups attached to an aromatic ring is 1. The Balaban J connectivity index is 1.91. The fourth-order valence-corrected chi connectivity index (χ4v) is 2.36. The SMILES string of the molecule is N#Cc1ccc(C(=O)N2CCc3cc(N)ccc32)nc1. The van der Waals surface area contributed by atoms with Gasteiger partial charge in [-0.15, -0.1) is 0 Å². The van der Waals surface area contributed by atoms with Crippen molar-refractivity contribution >= 4 is 17.3 Å². The average molecular weight is 264 g/mol. The van der Waals surface area contributed by atoms with Crippen molar-refractivity contribution in [3.8, 4) is 6.07 Å². The third kappa shape index (κ3) is 1.97. The maximum Gasteiger partial charge on any atom is 0.276 e. The largest absolute Gasteiger partial charge is 0.399 e. The lowest BCUT2D eigenvalue weighted by molar-refractivity contribution is 0.0984. The average Bonchev–Trinajstić information content (AvgIpc) is 2.89. The second-order valence-corrected chi connectivity index (χ2v) is 4.64. The quantitative estimate of drug-likeness (QED) is 0.795. The summed E-state index contributed by atoms with van der Waals surface area (Å²) in [6.45, 7) is 0.624. The Morgan fingerprint density at radius 3 is 2.90 bits per heavy atom. The molecule has 3 rings (SSSR count). The standard InChI is InChI=1S/C15H12N4O/c16-8-10-1-3-13(18-9-10)15(20)19-6-5-11-7-12(17)2-4-14(11)19/h1-4,7,9H,5-6,17H2. The van der Waals surface area contributed by atoms with Crippen molar-refractivity contribution in [1.29, 1.82) is 5.26 Å². The number of pyridine rings is 1. The van der Waals surface area contributed by atoms with Crippen molar-refractivity contribution in [2.45, 2.75) is 6.42 Å². The van der Waals surface area contributed by atoms with E-state index in [1.807, 2.05) is 18.2 Å². The number of aromatic nitrogens is 1. The van der Waals surface area contributed by atoms with Crippen LogP contribution in [0.5, 0.6) is 0 Å². The maximum absolute atomic E-state index is 12.4. The van der Waals surface area contributed by atoms with Gasteiger partial charge in [-0.3, -0.25) is 4.79 Å².